The molecular formula is C58H36O2. The van der Waals surface area contributed by atoms with Crippen LogP contribution in [0.4, 0.5) is 0 Å². The third-order valence-electron chi connectivity index (χ3n) is 12.1. The third-order valence-corrected chi connectivity index (χ3v) is 12.1. The number of hydrogen-bond acceptors (Lipinski definition) is 2. The highest BCUT2D eigenvalue weighted by molar-refractivity contribution is 6.17. The average molecular weight is 765 g/mol. The second-order valence-corrected chi connectivity index (χ2v) is 15.5. The second-order valence-electron chi connectivity index (χ2n) is 15.5. The molecule has 0 bridgehead atoms. The van der Waals surface area contributed by atoms with Crippen molar-refractivity contribution in [1.29, 1.82) is 0 Å². The van der Waals surface area contributed by atoms with E-state index in [1.807, 2.05) is 6.07 Å². The number of fused-ring (bicyclic) bond motifs is 10. The van der Waals surface area contributed by atoms with Crippen molar-refractivity contribution in [1.82, 2.24) is 0 Å². The van der Waals surface area contributed by atoms with Crippen molar-refractivity contribution in [2.75, 3.05) is 0 Å². The van der Waals surface area contributed by atoms with Gasteiger partial charge < -0.3 is 8.83 Å². The molecule has 0 N–H and O–H groups in total. The van der Waals surface area contributed by atoms with E-state index in [1.54, 1.807) is 0 Å². The van der Waals surface area contributed by atoms with Gasteiger partial charge in [0.2, 0.25) is 0 Å². The lowest BCUT2D eigenvalue weighted by Crippen LogP contribution is -1.86. The molecule has 0 saturated carbocycles. The van der Waals surface area contributed by atoms with Gasteiger partial charge in [-0.25, -0.2) is 0 Å². The van der Waals surface area contributed by atoms with Crippen molar-refractivity contribution in [3.63, 3.8) is 0 Å². The summed E-state index contributed by atoms with van der Waals surface area (Å²) in [4.78, 5) is 0. The minimum Gasteiger partial charge on any atom is -0.455 e. The van der Waals surface area contributed by atoms with Gasteiger partial charge in [0.05, 0.1) is 0 Å². The molecule has 60 heavy (non-hydrogen) atoms. The Labute approximate surface area is 348 Å². The van der Waals surface area contributed by atoms with Crippen molar-refractivity contribution < 1.29 is 8.83 Å². The number of rotatable bonds is 3. The highest BCUT2D eigenvalue weighted by atomic mass is 16.3. The van der Waals surface area contributed by atoms with Gasteiger partial charge in [0.15, 0.2) is 0 Å². The summed E-state index contributed by atoms with van der Waals surface area (Å²) in [5, 5.41) is 2.39. The van der Waals surface area contributed by atoms with E-state index < -0.39 is 0 Å². The third kappa shape index (κ3) is 5.35. The Morgan fingerprint density at radius 1 is 0.217 bits per heavy atom. The molecule has 0 atom stereocenters. The van der Waals surface area contributed by atoms with Crippen molar-refractivity contribution in [3.8, 4) is 101 Å². The molecule has 0 saturated heterocycles. The quantitative estimate of drug-likeness (QED) is 0.179. The summed E-state index contributed by atoms with van der Waals surface area (Å²) < 4.78 is 13.0. The van der Waals surface area contributed by atoms with Crippen LogP contribution in [0.5, 0.6) is 0 Å². The molecule has 11 aromatic rings. The zero-order valence-corrected chi connectivity index (χ0v) is 32.6. The number of furan rings is 2. The first-order valence-electron chi connectivity index (χ1n) is 20.5. The van der Waals surface area contributed by atoms with Gasteiger partial charge in [-0.05, 0) is 85.0 Å². The molecule has 2 heterocycles. The van der Waals surface area contributed by atoms with E-state index in [9.17, 15) is 0 Å². The predicted octanol–water partition coefficient (Wildman–Crippen LogP) is 16.5. The van der Waals surface area contributed by atoms with Crippen LogP contribution >= 0.6 is 0 Å². The minimum absolute atomic E-state index is 0.925. The van der Waals surface area contributed by atoms with E-state index in [4.69, 9.17) is 8.83 Å². The molecule has 2 aliphatic rings. The maximum absolute atomic E-state index is 6.62. The molecule has 9 aromatic carbocycles. The van der Waals surface area contributed by atoms with E-state index in [2.05, 4.69) is 212 Å². The van der Waals surface area contributed by atoms with Gasteiger partial charge in [0.1, 0.15) is 22.7 Å². The van der Waals surface area contributed by atoms with Crippen LogP contribution in [0, 0.1) is 0 Å². The summed E-state index contributed by atoms with van der Waals surface area (Å²) in [6, 6.07) is 77.1. The molecule has 2 aromatic heterocycles. The predicted molar refractivity (Wildman–Crippen MR) is 248 cm³/mol. The van der Waals surface area contributed by atoms with Crippen molar-refractivity contribution in [2.24, 2.45) is 0 Å². The van der Waals surface area contributed by atoms with E-state index in [1.165, 1.54) is 88.7 Å². The first kappa shape index (κ1) is 34.1. The summed E-state index contributed by atoms with van der Waals surface area (Å²) in [6.45, 7) is 0. The fourth-order valence-electron chi connectivity index (χ4n) is 9.50. The zero-order valence-electron chi connectivity index (χ0n) is 32.6. The van der Waals surface area contributed by atoms with Crippen molar-refractivity contribution in [2.45, 2.75) is 0 Å². The SMILES string of the molecule is c1ccc(-c2cccc(-c3oc4cccc5c4c3-c3ccccc3-c3ccccc3-5)c2)cc1.c1ccc(-c2oc3cccc4c3c2-c2ccccc2-c2ccccc2-4)cc1. The van der Waals surface area contributed by atoms with Crippen LogP contribution in [0.1, 0.15) is 0 Å². The van der Waals surface area contributed by atoms with Crippen LogP contribution in [-0.4, -0.2) is 0 Å². The highest BCUT2D eigenvalue weighted by Gasteiger charge is 2.29. The smallest absolute Gasteiger partial charge is 0.143 e. The molecule has 280 valence electrons. The van der Waals surface area contributed by atoms with E-state index in [0.29, 0.717) is 0 Å². The number of benzene rings is 9. The van der Waals surface area contributed by atoms with Crippen LogP contribution in [0.2, 0.25) is 0 Å². The van der Waals surface area contributed by atoms with Crippen molar-refractivity contribution >= 4 is 21.9 Å². The topological polar surface area (TPSA) is 26.3 Å². The first-order chi connectivity index (χ1) is 29.8. The Kier molecular flexibility index (Phi) is 7.89. The van der Waals surface area contributed by atoms with Gasteiger partial charge in [-0.2, -0.15) is 0 Å². The van der Waals surface area contributed by atoms with Gasteiger partial charge in [-0.15, -0.1) is 0 Å². The summed E-state index contributed by atoms with van der Waals surface area (Å²) in [6.07, 6.45) is 0. The van der Waals surface area contributed by atoms with Gasteiger partial charge in [-0.1, -0.05) is 200 Å². The van der Waals surface area contributed by atoms with E-state index >= 15 is 0 Å². The fourth-order valence-corrected chi connectivity index (χ4v) is 9.50. The lowest BCUT2D eigenvalue weighted by molar-refractivity contribution is 0.632. The molecule has 2 nitrogen and oxygen atoms in total. The number of hydrogen-bond donors (Lipinski definition) is 0. The minimum atomic E-state index is 0.925. The van der Waals surface area contributed by atoms with Crippen molar-refractivity contribution in [3.05, 3.63) is 218 Å². The average Bonchev–Trinajstić information content (AvgIpc) is 3.85. The largest absolute Gasteiger partial charge is 0.455 e. The highest BCUT2D eigenvalue weighted by Crippen LogP contribution is 2.53. The summed E-state index contributed by atoms with van der Waals surface area (Å²) in [7, 11) is 0. The molecule has 0 aliphatic heterocycles. The molecular weight excluding hydrogens is 729 g/mol. The summed E-state index contributed by atoms with van der Waals surface area (Å²) >= 11 is 0. The molecule has 2 aliphatic carbocycles. The molecule has 13 rings (SSSR count). The van der Waals surface area contributed by atoms with Crippen LogP contribution < -0.4 is 0 Å². The molecule has 2 heteroatoms. The van der Waals surface area contributed by atoms with E-state index in [-0.39, 0.29) is 0 Å². The summed E-state index contributed by atoms with van der Waals surface area (Å²) in [5.74, 6) is 1.87. The van der Waals surface area contributed by atoms with Crippen LogP contribution in [0.25, 0.3) is 122 Å². The van der Waals surface area contributed by atoms with Crippen LogP contribution in [-0.2, 0) is 0 Å². The lowest BCUT2D eigenvalue weighted by atomic mass is 9.92. The Balaban J connectivity index is 0.000000132. The van der Waals surface area contributed by atoms with Crippen LogP contribution in [0.15, 0.2) is 227 Å². The lowest BCUT2D eigenvalue weighted by Gasteiger charge is -2.11. The normalized spacial score (nSPS) is 11.7. The Morgan fingerprint density at radius 2 is 0.533 bits per heavy atom. The maximum atomic E-state index is 6.62. The Hall–Kier alpha value is -7.94. The fraction of sp³-hybridized carbons (Fsp3) is 0. The van der Waals surface area contributed by atoms with Crippen LogP contribution in [0.3, 0.4) is 0 Å². The van der Waals surface area contributed by atoms with E-state index in [0.717, 1.165) is 33.8 Å². The van der Waals surface area contributed by atoms with Gasteiger partial charge in [0.25, 0.3) is 0 Å². The molecule has 0 unspecified atom stereocenters. The molecule has 0 spiro atoms. The summed E-state index contributed by atoms with van der Waals surface area (Å²) in [5.41, 5.74) is 21.3. The van der Waals surface area contributed by atoms with Gasteiger partial charge >= 0.3 is 0 Å². The first-order valence-corrected chi connectivity index (χ1v) is 20.5. The maximum Gasteiger partial charge on any atom is 0.143 e. The van der Waals surface area contributed by atoms with Gasteiger partial charge in [0, 0.05) is 33.0 Å². The Bertz CT molecular complexity index is 3420. The molecule has 0 radical (unpaired) electrons. The molecule has 0 amide bonds. The zero-order chi connectivity index (χ0) is 39.6. The second kappa shape index (κ2) is 13.9. The Morgan fingerprint density at radius 3 is 1.02 bits per heavy atom. The monoisotopic (exact) mass is 764 g/mol. The standard InChI is InChI=1S/C32H20O.C26H16O/c1-2-10-21(11-3-1)22-12-8-13-23(20-22)32-31-28-17-7-6-16-26(28)24-14-4-5-15-25(24)27-18-9-19-29(33-32)30(27)31;1-2-9-17(10-3-1)26-25-22-14-7-6-13-20(22)18-11-4-5-12-19(18)21-15-8-16-23(27-26)24(21)25/h1-20H;1-16H. The molecule has 0 fully saturated rings. The van der Waals surface area contributed by atoms with Gasteiger partial charge in [-0.3, -0.25) is 0 Å².